The Hall–Kier alpha value is -3.48. The lowest BCUT2D eigenvalue weighted by atomic mass is 10.1. The molecule has 2 aromatic carbocycles. The van der Waals surface area contributed by atoms with Crippen molar-refractivity contribution in [1.82, 2.24) is 4.98 Å². The third-order valence-corrected chi connectivity index (χ3v) is 7.65. The molecule has 0 spiro atoms. The van der Waals surface area contributed by atoms with Gasteiger partial charge in [-0.3, -0.25) is 19.8 Å². The Morgan fingerprint density at radius 1 is 1.19 bits per heavy atom. The second kappa shape index (κ2) is 10.9. The van der Waals surface area contributed by atoms with Crippen LogP contribution in [-0.4, -0.2) is 75.6 Å². The Labute approximate surface area is 217 Å². The average Bonchev–Trinajstić information content (AvgIpc) is 3.61. The first-order valence-electron chi connectivity index (χ1n) is 12.1. The van der Waals surface area contributed by atoms with E-state index in [1.165, 1.54) is 17.4 Å². The number of carbonyl (C=O) groups is 1. The maximum atomic E-state index is 13.9. The number of aromatic nitrogens is 1. The number of thiazole rings is 1. The SMILES string of the molecule is COc1ccc(OC)c2sc(N(CC3CCCO3)C(=O)c3ccc(N4CCOCC4)c([N+](=O)[O-])c3)nc12. The largest absolute Gasteiger partial charge is 0.495 e. The molecule has 1 aromatic heterocycles. The molecule has 5 rings (SSSR count). The van der Waals surface area contributed by atoms with E-state index in [0.717, 1.165) is 17.5 Å². The summed E-state index contributed by atoms with van der Waals surface area (Å²) in [5.74, 6) is 0.798. The molecule has 1 amide bonds. The van der Waals surface area contributed by atoms with Gasteiger partial charge < -0.3 is 23.8 Å². The third kappa shape index (κ3) is 5.04. The quantitative estimate of drug-likeness (QED) is 0.317. The fraction of sp³-hybridized carbons (Fsp3) is 0.440. The summed E-state index contributed by atoms with van der Waals surface area (Å²) in [6, 6.07) is 8.19. The Morgan fingerprint density at radius 2 is 1.95 bits per heavy atom. The van der Waals surface area contributed by atoms with Gasteiger partial charge in [0.2, 0.25) is 0 Å². The number of carbonyl (C=O) groups excluding carboxylic acids is 1. The van der Waals surface area contributed by atoms with E-state index in [9.17, 15) is 14.9 Å². The molecular weight excluding hydrogens is 500 g/mol. The second-order valence-electron chi connectivity index (χ2n) is 8.76. The van der Waals surface area contributed by atoms with Crippen molar-refractivity contribution in [2.75, 3.05) is 63.5 Å². The number of amides is 1. The minimum Gasteiger partial charge on any atom is -0.495 e. The van der Waals surface area contributed by atoms with Crippen LogP contribution in [0.2, 0.25) is 0 Å². The van der Waals surface area contributed by atoms with Crippen LogP contribution in [0.25, 0.3) is 10.2 Å². The summed E-state index contributed by atoms with van der Waals surface area (Å²) in [7, 11) is 3.13. The van der Waals surface area contributed by atoms with Gasteiger partial charge in [-0.15, -0.1) is 0 Å². The third-order valence-electron chi connectivity index (χ3n) is 6.56. The highest BCUT2D eigenvalue weighted by atomic mass is 32.1. The maximum absolute atomic E-state index is 13.9. The molecule has 0 bridgehead atoms. The van der Waals surface area contributed by atoms with E-state index in [2.05, 4.69) is 0 Å². The molecule has 3 heterocycles. The molecule has 3 aromatic rings. The van der Waals surface area contributed by atoms with Crippen molar-refractivity contribution in [2.45, 2.75) is 18.9 Å². The smallest absolute Gasteiger partial charge is 0.293 e. The molecular formula is C25H28N4O7S. The zero-order valence-corrected chi connectivity index (χ0v) is 21.5. The number of rotatable bonds is 8. The van der Waals surface area contributed by atoms with Crippen LogP contribution in [0.3, 0.4) is 0 Å². The van der Waals surface area contributed by atoms with Gasteiger partial charge in [-0.25, -0.2) is 4.98 Å². The summed E-state index contributed by atoms with van der Waals surface area (Å²) in [5, 5.41) is 12.4. The van der Waals surface area contributed by atoms with Crippen LogP contribution in [-0.2, 0) is 9.47 Å². The molecule has 0 N–H and O–H groups in total. The number of nitrogens with zero attached hydrogens (tertiary/aromatic N) is 4. The van der Waals surface area contributed by atoms with Crippen LogP contribution in [0, 0.1) is 10.1 Å². The highest BCUT2D eigenvalue weighted by Crippen LogP contribution is 2.41. The topological polar surface area (TPSA) is 116 Å². The van der Waals surface area contributed by atoms with Crippen molar-refractivity contribution in [3.63, 3.8) is 0 Å². The molecule has 0 radical (unpaired) electrons. The van der Waals surface area contributed by atoms with Gasteiger partial charge in [-0.1, -0.05) is 11.3 Å². The van der Waals surface area contributed by atoms with Gasteiger partial charge in [0.1, 0.15) is 27.4 Å². The van der Waals surface area contributed by atoms with Crippen LogP contribution in [0.1, 0.15) is 23.2 Å². The van der Waals surface area contributed by atoms with Crippen molar-refractivity contribution < 1.29 is 28.7 Å². The standard InChI is InChI=1S/C25H28N4O7S/c1-33-20-7-8-21(34-2)23-22(20)26-25(37-23)28(15-17-4-3-11-36-17)24(30)16-5-6-18(19(14-16)29(31)32)27-9-12-35-13-10-27/h5-8,14,17H,3-4,9-13,15H2,1-2H3. The number of hydrogen-bond acceptors (Lipinski definition) is 10. The summed E-state index contributed by atoms with van der Waals surface area (Å²) < 4.78 is 22.9. The summed E-state index contributed by atoms with van der Waals surface area (Å²) in [6.45, 7) is 3.01. The van der Waals surface area contributed by atoms with Crippen LogP contribution in [0.15, 0.2) is 30.3 Å². The normalized spacial score (nSPS) is 17.7. The Kier molecular flexibility index (Phi) is 7.40. The number of nitro benzene ring substituents is 1. The molecule has 2 aliphatic rings. The van der Waals surface area contributed by atoms with Crippen molar-refractivity contribution in [3.05, 3.63) is 46.0 Å². The van der Waals surface area contributed by atoms with Crippen molar-refractivity contribution in [1.29, 1.82) is 0 Å². The highest BCUT2D eigenvalue weighted by molar-refractivity contribution is 7.22. The van der Waals surface area contributed by atoms with Gasteiger partial charge in [0.15, 0.2) is 5.13 Å². The molecule has 11 nitrogen and oxygen atoms in total. The number of nitro groups is 1. The van der Waals surface area contributed by atoms with E-state index in [-0.39, 0.29) is 29.8 Å². The lowest BCUT2D eigenvalue weighted by Crippen LogP contribution is -2.38. The zero-order chi connectivity index (χ0) is 25.9. The number of hydrogen-bond donors (Lipinski definition) is 0. The van der Waals surface area contributed by atoms with Gasteiger partial charge in [-0.05, 0) is 37.1 Å². The molecule has 196 valence electrons. The highest BCUT2D eigenvalue weighted by Gasteiger charge is 2.30. The van der Waals surface area contributed by atoms with Gasteiger partial charge in [0.25, 0.3) is 11.6 Å². The van der Waals surface area contributed by atoms with Gasteiger partial charge >= 0.3 is 0 Å². The molecule has 2 fully saturated rings. The maximum Gasteiger partial charge on any atom is 0.293 e. The fourth-order valence-corrected chi connectivity index (χ4v) is 5.74. The first-order chi connectivity index (χ1) is 18.0. The van der Waals surface area contributed by atoms with Gasteiger partial charge in [0, 0.05) is 31.3 Å². The first-order valence-corrected chi connectivity index (χ1v) is 12.9. The second-order valence-corrected chi connectivity index (χ2v) is 9.73. The van der Waals surface area contributed by atoms with Crippen molar-refractivity contribution >= 4 is 44.0 Å². The van der Waals surface area contributed by atoms with Crippen LogP contribution in [0.5, 0.6) is 11.5 Å². The van der Waals surface area contributed by atoms with Gasteiger partial charge in [0.05, 0.1) is 45.0 Å². The van der Waals surface area contributed by atoms with E-state index < -0.39 is 4.92 Å². The number of benzene rings is 2. The van der Waals surface area contributed by atoms with Crippen molar-refractivity contribution in [3.8, 4) is 11.5 Å². The van der Waals surface area contributed by atoms with Crippen LogP contribution in [0.4, 0.5) is 16.5 Å². The number of ether oxygens (including phenoxy) is 4. The molecule has 0 aliphatic carbocycles. The van der Waals surface area contributed by atoms with Gasteiger partial charge in [-0.2, -0.15) is 0 Å². The van der Waals surface area contributed by atoms with Crippen molar-refractivity contribution in [2.24, 2.45) is 0 Å². The van der Waals surface area contributed by atoms with Crippen LogP contribution >= 0.6 is 11.3 Å². The molecule has 37 heavy (non-hydrogen) atoms. The number of fused-ring (bicyclic) bond motifs is 1. The first kappa shape index (κ1) is 25.2. The van der Waals surface area contributed by atoms with E-state index in [0.29, 0.717) is 60.7 Å². The molecule has 1 unspecified atom stereocenters. The lowest BCUT2D eigenvalue weighted by molar-refractivity contribution is -0.384. The molecule has 2 saturated heterocycles. The number of morpholine rings is 1. The van der Waals surface area contributed by atoms with E-state index in [1.54, 1.807) is 43.4 Å². The molecule has 12 heteroatoms. The molecule has 0 saturated carbocycles. The zero-order valence-electron chi connectivity index (χ0n) is 20.7. The predicted octanol–water partition coefficient (Wildman–Crippen LogP) is 3.88. The summed E-state index contributed by atoms with van der Waals surface area (Å²) in [5.41, 5.74) is 1.16. The Bertz CT molecular complexity index is 1260. The summed E-state index contributed by atoms with van der Waals surface area (Å²) in [4.78, 5) is 33.6. The fourth-order valence-electron chi connectivity index (χ4n) is 4.66. The Balaban J connectivity index is 1.55. The summed E-state index contributed by atoms with van der Waals surface area (Å²) >= 11 is 1.31. The summed E-state index contributed by atoms with van der Waals surface area (Å²) in [6.07, 6.45) is 1.58. The predicted molar refractivity (Wildman–Crippen MR) is 140 cm³/mol. The number of methoxy groups -OCH3 is 2. The number of anilines is 2. The minimum absolute atomic E-state index is 0.113. The molecule has 2 aliphatic heterocycles. The lowest BCUT2D eigenvalue weighted by Gasteiger charge is -2.28. The minimum atomic E-state index is -0.445. The van der Waals surface area contributed by atoms with Crippen LogP contribution < -0.4 is 19.3 Å². The van der Waals surface area contributed by atoms with E-state index >= 15 is 0 Å². The average molecular weight is 529 g/mol. The molecule has 1 atom stereocenters. The van der Waals surface area contributed by atoms with E-state index in [1.807, 2.05) is 4.90 Å². The monoisotopic (exact) mass is 528 g/mol. The Morgan fingerprint density at radius 3 is 2.62 bits per heavy atom. The van der Waals surface area contributed by atoms with E-state index in [4.69, 9.17) is 23.9 Å².